The smallest absolute Gasteiger partial charge is 0.0306 e. The zero-order valence-corrected chi connectivity index (χ0v) is 14.6. The molecule has 2 N–H and O–H groups in total. The van der Waals surface area contributed by atoms with Gasteiger partial charge in [-0.1, -0.05) is 52.9 Å². The minimum atomic E-state index is 0.203. The van der Waals surface area contributed by atoms with E-state index in [4.69, 9.17) is 5.73 Å². The van der Waals surface area contributed by atoms with Gasteiger partial charge in [0, 0.05) is 24.7 Å². The summed E-state index contributed by atoms with van der Waals surface area (Å²) in [5.74, 6) is 1.61. The second-order valence-electron chi connectivity index (χ2n) is 7.58. The van der Waals surface area contributed by atoms with Gasteiger partial charge in [-0.2, -0.15) is 0 Å². The number of hydrogen-bond acceptors (Lipinski definition) is 2. The number of nitrogens with zero attached hydrogens (tertiary/aromatic N) is 1. The number of hydrogen-bond donors (Lipinski definition) is 1. The Morgan fingerprint density at radius 1 is 1.10 bits per heavy atom. The van der Waals surface area contributed by atoms with Gasteiger partial charge in [-0.05, 0) is 38.5 Å². The Kier molecular flexibility index (Phi) is 7.53. The first-order valence-electron chi connectivity index (χ1n) is 8.91. The largest absolute Gasteiger partial charge is 0.329 e. The van der Waals surface area contributed by atoms with E-state index >= 15 is 0 Å². The van der Waals surface area contributed by atoms with Crippen molar-refractivity contribution >= 4 is 0 Å². The van der Waals surface area contributed by atoms with E-state index in [0.717, 1.165) is 18.4 Å². The second kappa shape index (κ2) is 8.38. The third kappa shape index (κ3) is 4.73. The molecule has 1 heterocycles. The SMILES string of the molecule is CCCCCCCC(C)(CN)N1CC(C)CC(C)C1C. The van der Waals surface area contributed by atoms with E-state index in [1.165, 1.54) is 51.5 Å². The molecular formula is C18H38N2. The molecule has 1 aliphatic rings. The molecule has 0 aromatic heterocycles. The van der Waals surface area contributed by atoms with E-state index in [0.29, 0.717) is 6.04 Å². The van der Waals surface area contributed by atoms with Crippen molar-refractivity contribution in [2.24, 2.45) is 17.6 Å². The van der Waals surface area contributed by atoms with Crippen molar-refractivity contribution in [3.8, 4) is 0 Å². The molecule has 1 fully saturated rings. The van der Waals surface area contributed by atoms with Crippen LogP contribution in [0, 0.1) is 11.8 Å². The summed E-state index contributed by atoms with van der Waals surface area (Å²) in [5, 5.41) is 0. The topological polar surface area (TPSA) is 29.3 Å². The Morgan fingerprint density at radius 3 is 2.35 bits per heavy atom. The van der Waals surface area contributed by atoms with Crippen molar-refractivity contribution < 1.29 is 0 Å². The molecule has 1 saturated heterocycles. The maximum absolute atomic E-state index is 6.19. The Hall–Kier alpha value is -0.0800. The van der Waals surface area contributed by atoms with Crippen LogP contribution in [0.2, 0.25) is 0 Å². The number of nitrogens with two attached hydrogens (primary N) is 1. The maximum atomic E-state index is 6.19. The molecule has 0 amide bonds. The molecule has 0 spiro atoms. The first-order valence-corrected chi connectivity index (χ1v) is 8.91. The lowest BCUT2D eigenvalue weighted by atomic mass is 9.80. The summed E-state index contributed by atoms with van der Waals surface area (Å²) in [5.41, 5.74) is 6.39. The molecular weight excluding hydrogens is 244 g/mol. The first-order chi connectivity index (χ1) is 9.44. The Labute approximate surface area is 127 Å². The molecule has 20 heavy (non-hydrogen) atoms. The summed E-state index contributed by atoms with van der Waals surface area (Å²) >= 11 is 0. The zero-order chi connectivity index (χ0) is 15.2. The highest BCUT2D eigenvalue weighted by Crippen LogP contribution is 2.34. The van der Waals surface area contributed by atoms with Gasteiger partial charge in [0.15, 0.2) is 0 Å². The number of piperidine rings is 1. The lowest BCUT2D eigenvalue weighted by Gasteiger charge is -2.51. The van der Waals surface area contributed by atoms with E-state index in [2.05, 4.69) is 39.5 Å². The third-order valence-electron chi connectivity index (χ3n) is 5.55. The van der Waals surface area contributed by atoms with Crippen molar-refractivity contribution in [1.82, 2.24) is 4.90 Å². The van der Waals surface area contributed by atoms with Gasteiger partial charge in [0.1, 0.15) is 0 Å². The van der Waals surface area contributed by atoms with Crippen LogP contribution in [0.5, 0.6) is 0 Å². The van der Waals surface area contributed by atoms with E-state index < -0.39 is 0 Å². The number of likely N-dealkylation sites (tertiary alicyclic amines) is 1. The summed E-state index contributed by atoms with van der Waals surface area (Å²) < 4.78 is 0. The van der Waals surface area contributed by atoms with E-state index in [-0.39, 0.29) is 5.54 Å². The fourth-order valence-corrected chi connectivity index (χ4v) is 3.90. The van der Waals surface area contributed by atoms with Gasteiger partial charge < -0.3 is 5.73 Å². The predicted octanol–water partition coefficient (Wildman–Crippen LogP) is 4.43. The third-order valence-corrected chi connectivity index (χ3v) is 5.55. The summed E-state index contributed by atoms with van der Waals surface area (Å²) in [6, 6.07) is 0.676. The zero-order valence-electron chi connectivity index (χ0n) is 14.6. The fraction of sp³-hybridized carbons (Fsp3) is 1.00. The molecule has 0 aromatic rings. The van der Waals surface area contributed by atoms with Crippen LogP contribution in [0.1, 0.15) is 79.6 Å². The monoisotopic (exact) mass is 282 g/mol. The van der Waals surface area contributed by atoms with Crippen molar-refractivity contribution in [2.75, 3.05) is 13.1 Å². The molecule has 2 nitrogen and oxygen atoms in total. The van der Waals surface area contributed by atoms with Crippen LogP contribution in [0.25, 0.3) is 0 Å². The molecule has 120 valence electrons. The molecule has 4 unspecified atom stereocenters. The quantitative estimate of drug-likeness (QED) is 0.667. The van der Waals surface area contributed by atoms with Crippen LogP contribution >= 0.6 is 0 Å². The molecule has 2 heteroatoms. The average molecular weight is 283 g/mol. The van der Waals surface area contributed by atoms with Crippen LogP contribution in [-0.4, -0.2) is 29.6 Å². The molecule has 1 rings (SSSR count). The molecule has 4 atom stereocenters. The normalized spacial score (nSPS) is 31.2. The van der Waals surface area contributed by atoms with Gasteiger partial charge in [-0.3, -0.25) is 4.90 Å². The van der Waals surface area contributed by atoms with Crippen LogP contribution in [0.3, 0.4) is 0 Å². The lowest BCUT2D eigenvalue weighted by Crippen LogP contribution is -2.60. The number of rotatable bonds is 8. The lowest BCUT2D eigenvalue weighted by molar-refractivity contribution is -0.0124. The maximum Gasteiger partial charge on any atom is 0.0306 e. The molecule has 1 aliphatic heterocycles. The standard InChI is InChI=1S/C18H38N2/c1-6-7-8-9-10-11-18(5,14-19)20-13-15(2)12-16(3)17(20)4/h15-17H,6-14,19H2,1-5H3. The van der Waals surface area contributed by atoms with Gasteiger partial charge in [0.05, 0.1) is 0 Å². The van der Waals surface area contributed by atoms with Crippen molar-refractivity contribution in [2.45, 2.75) is 91.1 Å². The van der Waals surface area contributed by atoms with Gasteiger partial charge in [0.2, 0.25) is 0 Å². The molecule has 0 aliphatic carbocycles. The Balaban J connectivity index is 2.56. The van der Waals surface area contributed by atoms with Crippen LogP contribution in [-0.2, 0) is 0 Å². The minimum Gasteiger partial charge on any atom is -0.329 e. The molecule has 0 saturated carbocycles. The average Bonchev–Trinajstić information content (AvgIpc) is 2.42. The first kappa shape index (κ1) is 18.0. The highest BCUT2D eigenvalue weighted by molar-refractivity contribution is 4.95. The minimum absolute atomic E-state index is 0.203. The summed E-state index contributed by atoms with van der Waals surface area (Å²) in [6.45, 7) is 13.9. The second-order valence-corrected chi connectivity index (χ2v) is 7.58. The van der Waals surface area contributed by atoms with E-state index in [1.54, 1.807) is 0 Å². The Morgan fingerprint density at radius 2 is 1.75 bits per heavy atom. The predicted molar refractivity (Wildman–Crippen MR) is 89.9 cm³/mol. The number of unbranched alkanes of at least 4 members (excludes halogenated alkanes) is 4. The van der Waals surface area contributed by atoms with Crippen LogP contribution < -0.4 is 5.73 Å². The fourth-order valence-electron chi connectivity index (χ4n) is 3.90. The van der Waals surface area contributed by atoms with Gasteiger partial charge >= 0.3 is 0 Å². The highest BCUT2D eigenvalue weighted by Gasteiger charge is 2.39. The molecule has 0 aromatic carbocycles. The van der Waals surface area contributed by atoms with Crippen molar-refractivity contribution in [3.05, 3.63) is 0 Å². The van der Waals surface area contributed by atoms with Gasteiger partial charge in [0.25, 0.3) is 0 Å². The summed E-state index contributed by atoms with van der Waals surface area (Å²) in [7, 11) is 0. The molecule has 0 bridgehead atoms. The van der Waals surface area contributed by atoms with Gasteiger partial charge in [-0.25, -0.2) is 0 Å². The summed E-state index contributed by atoms with van der Waals surface area (Å²) in [6.07, 6.45) is 9.43. The van der Waals surface area contributed by atoms with Crippen molar-refractivity contribution in [1.29, 1.82) is 0 Å². The van der Waals surface area contributed by atoms with Crippen LogP contribution in [0.4, 0.5) is 0 Å². The van der Waals surface area contributed by atoms with E-state index in [9.17, 15) is 0 Å². The molecule has 0 radical (unpaired) electrons. The van der Waals surface area contributed by atoms with Crippen molar-refractivity contribution in [3.63, 3.8) is 0 Å². The highest BCUT2D eigenvalue weighted by atomic mass is 15.2. The van der Waals surface area contributed by atoms with Gasteiger partial charge in [-0.15, -0.1) is 0 Å². The van der Waals surface area contributed by atoms with Crippen LogP contribution in [0.15, 0.2) is 0 Å². The Bertz CT molecular complexity index is 266. The summed E-state index contributed by atoms with van der Waals surface area (Å²) in [4.78, 5) is 2.73. The van der Waals surface area contributed by atoms with E-state index in [1.807, 2.05) is 0 Å².